The summed E-state index contributed by atoms with van der Waals surface area (Å²) >= 11 is 0. The molecule has 5 nitrogen and oxygen atoms in total. The Bertz CT molecular complexity index is 3930. The van der Waals surface area contributed by atoms with E-state index in [0.29, 0.717) is 5.95 Å². The van der Waals surface area contributed by atoms with Crippen molar-refractivity contribution in [2.75, 3.05) is 4.90 Å². The molecule has 3 aliphatic rings. The van der Waals surface area contributed by atoms with Crippen LogP contribution in [0.1, 0.15) is 65.5 Å². The molecule has 3 heterocycles. The Balaban J connectivity index is 0.944. The van der Waals surface area contributed by atoms with Crippen molar-refractivity contribution in [3.8, 4) is 39.5 Å². The lowest BCUT2D eigenvalue weighted by Crippen LogP contribution is -2.29. The van der Waals surface area contributed by atoms with Gasteiger partial charge in [0, 0.05) is 56.0 Å². The highest BCUT2D eigenvalue weighted by atomic mass is 15.2. The molecule has 2 atom stereocenters. The van der Waals surface area contributed by atoms with E-state index < -0.39 is 0 Å². The van der Waals surface area contributed by atoms with Gasteiger partial charge in [0.05, 0.1) is 16.7 Å². The fourth-order valence-corrected chi connectivity index (χ4v) is 12.3. The van der Waals surface area contributed by atoms with Gasteiger partial charge in [-0.25, -0.2) is 15.0 Å². The Labute approximate surface area is 420 Å². The largest absolute Gasteiger partial charge is 0.310 e. The molecule has 5 heteroatoms. The first-order valence-electron chi connectivity index (χ1n) is 25.3. The molecule has 0 spiro atoms. The summed E-state index contributed by atoms with van der Waals surface area (Å²) in [6.07, 6.45) is 2.62. The van der Waals surface area contributed by atoms with Gasteiger partial charge < -0.3 is 4.90 Å². The second-order valence-electron chi connectivity index (χ2n) is 20.3. The van der Waals surface area contributed by atoms with Crippen molar-refractivity contribution >= 4 is 50.4 Å². The fourth-order valence-electron chi connectivity index (χ4n) is 12.3. The van der Waals surface area contributed by atoms with E-state index >= 15 is 0 Å². The molecule has 2 unspecified atom stereocenters. The predicted molar refractivity (Wildman–Crippen MR) is 297 cm³/mol. The molecule has 0 amide bonds. The molecule has 14 rings (SSSR count). The van der Waals surface area contributed by atoms with E-state index in [1.165, 1.54) is 66.7 Å². The molecule has 0 radical (unpaired) electrons. The van der Waals surface area contributed by atoms with Crippen molar-refractivity contribution in [1.29, 1.82) is 0 Å². The van der Waals surface area contributed by atoms with Gasteiger partial charge in [-0.05, 0) is 124 Å². The van der Waals surface area contributed by atoms with Gasteiger partial charge in [0.2, 0.25) is 5.95 Å². The first-order valence-corrected chi connectivity index (χ1v) is 25.3. The number of anilines is 3. The molecule has 2 aliphatic carbocycles. The summed E-state index contributed by atoms with van der Waals surface area (Å²) in [6.45, 7) is 4.74. The summed E-state index contributed by atoms with van der Waals surface area (Å²) in [6, 6.07) is 81.8. The maximum atomic E-state index is 5.84. The Hall–Kier alpha value is -8.67. The van der Waals surface area contributed by atoms with Crippen LogP contribution < -0.4 is 4.90 Å². The van der Waals surface area contributed by atoms with Crippen LogP contribution in [0.3, 0.4) is 0 Å². The minimum absolute atomic E-state index is 0.0897. The molecule has 0 N–H and O–H groups in total. The molecule has 2 aromatic heterocycles. The SMILES string of the molecule is CC1(C)c2ccccc2-c2ccc(N(c3ccc(-c4ccccc4)cc3)c3ccc4c(c3)C3Cc5c(n(-c6nc(-c7ccccc7)c7ccccc7n6)c6ccccc56)N=C3CC4Cc3ccccc3)cc21. The van der Waals surface area contributed by atoms with E-state index in [1.807, 2.05) is 0 Å². The zero-order chi connectivity index (χ0) is 47.9. The van der Waals surface area contributed by atoms with Crippen LogP contribution in [-0.4, -0.2) is 20.2 Å². The maximum absolute atomic E-state index is 5.84. The summed E-state index contributed by atoms with van der Waals surface area (Å²) in [4.78, 5) is 19.0. The van der Waals surface area contributed by atoms with Gasteiger partial charge >= 0.3 is 0 Å². The highest BCUT2D eigenvalue weighted by molar-refractivity contribution is 6.02. The van der Waals surface area contributed by atoms with Crippen LogP contribution in [-0.2, 0) is 18.3 Å². The number of rotatable bonds is 8. The minimum atomic E-state index is -0.142. The Kier molecular flexibility index (Phi) is 9.82. The van der Waals surface area contributed by atoms with Crippen molar-refractivity contribution in [3.05, 3.63) is 258 Å². The summed E-state index contributed by atoms with van der Waals surface area (Å²) < 4.78 is 2.24. The number of aromatic nitrogens is 3. The molecule has 0 bridgehead atoms. The molecular formula is C67H51N5. The first-order chi connectivity index (χ1) is 35.4. The zero-order valence-corrected chi connectivity index (χ0v) is 40.4. The topological polar surface area (TPSA) is 46.3 Å². The van der Waals surface area contributed by atoms with Crippen LogP contribution in [0.5, 0.6) is 0 Å². The Morgan fingerprint density at radius 1 is 0.514 bits per heavy atom. The summed E-state index contributed by atoms with van der Waals surface area (Å²) in [5.74, 6) is 1.91. The number of nitrogens with zero attached hydrogens (tertiary/aromatic N) is 5. The van der Waals surface area contributed by atoms with Crippen LogP contribution >= 0.6 is 0 Å². The van der Waals surface area contributed by atoms with Gasteiger partial charge in [-0.2, -0.15) is 0 Å². The fraction of sp³-hybridized carbons (Fsp3) is 0.119. The van der Waals surface area contributed by atoms with E-state index in [-0.39, 0.29) is 17.3 Å². The van der Waals surface area contributed by atoms with Gasteiger partial charge in [0.1, 0.15) is 5.82 Å². The monoisotopic (exact) mass is 925 g/mol. The third-order valence-corrected chi connectivity index (χ3v) is 15.8. The molecule has 0 saturated heterocycles. The molecule has 9 aromatic carbocycles. The minimum Gasteiger partial charge on any atom is -0.310 e. The third kappa shape index (κ3) is 6.86. The van der Waals surface area contributed by atoms with Crippen molar-refractivity contribution in [3.63, 3.8) is 0 Å². The van der Waals surface area contributed by atoms with E-state index in [1.54, 1.807) is 0 Å². The van der Waals surface area contributed by atoms with Crippen LogP contribution in [0.4, 0.5) is 22.9 Å². The number of hydrogen-bond acceptors (Lipinski definition) is 4. The van der Waals surface area contributed by atoms with Crippen molar-refractivity contribution in [2.45, 2.75) is 50.4 Å². The van der Waals surface area contributed by atoms with Crippen LogP contribution in [0.25, 0.3) is 61.3 Å². The van der Waals surface area contributed by atoms with E-state index in [0.717, 1.165) is 69.8 Å². The van der Waals surface area contributed by atoms with E-state index in [9.17, 15) is 0 Å². The highest BCUT2D eigenvalue weighted by Gasteiger charge is 2.39. The second-order valence-corrected chi connectivity index (χ2v) is 20.3. The van der Waals surface area contributed by atoms with Crippen molar-refractivity contribution < 1.29 is 0 Å². The van der Waals surface area contributed by atoms with Gasteiger partial charge in [-0.3, -0.25) is 4.57 Å². The lowest BCUT2D eigenvalue weighted by atomic mass is 9.70. The summed E-state index contributed by atoms with van der Waals surface area (Å²) in [7, 11) is 0. The number of para-hydroxylation sites is 2. The number of hydrogen-bond donors (Lipinski definition) is 0. The summed E-state index contributed by atoms with van der Waals surface area (Å²) in [5.41, 5.74) is 21.6. The average Bonchev–Trinajstić information content (AvgIpc) is 3.88. The van der Waals surface area contributed by atoms with Gasteiger partial charge in [-0.1, -0.05) is 190 Å². The molecule has 72 heavy (non-hydrogen) atoms. The van der Waals surface area contributed by atoms with Gasteiger partial charge in [0.15, 0.2) is 0 Å². The van der Waals surface area contributed by atoms with Gasteiger partial charge in [-0.15, -0.1) is 0 Å². The maximum Gasteiger partial charge on any atom is 0.237 e. The molecule has 11 aromatic rings. The number of aliphatic imine (C=N–C) groups is 1. The molecular weight excluding hydrogens is 875 g/mol. The number of fused-ring (bicyclic) bond motifs is 10. The van der Waals surface area contributed by atoms with Crippen LogP contribution in [0.15, 0.2) is 229 Å². The standard InChI is InChI=1S/C67H51N5/c1-67(2)59-27-15-12-24-52(59)53-37-35-50(41-60(53)67)71(48-32-30-45(31-33-48)44-20-8-4-9-21-44)49-34-36-51-47(38-43-18-6-3-7-19-43)39-62-57(56(51)40-49)42-58-54-25-14-17-29-63(54)72(65(58)68-62)66-69-61-28-16-13-26-55(61)64(70-66)46-22-10-5-11-23-46/h3-37,40-41,47,57H,38-39,42H2,1-2H3. The smallest absolute Gasteiger partial charge is 0.237 e. The average molecular weight is 926 g/mol. The molecule has 344 valence electrons. The lowest BCUT2D eigenvalue weighted by molar-refractivity contribution is 0.644. The lowest BCUT2D eigenvalue weighted by Gasteiger charge is -2.37. The van der Waals surface area contributed by atoms with E-state index in [2.05, 4.69) is 248 Å². The van der Waals surface area contributed by atoms with Gasteiger partial charge in [0.25, 0.3) is 0 Å². The van der Waals surface area contributed by atoms with Crippen molar-refractivity contribution in [1.82, 2.24) is 14.5 Å². The molecule has 0 saturated carbocycles. The zero-order valence-electron chi connectivity index (χ0n) is 40.4. The van der Waals surface area contributed by atoms with Crippen molar-refractivity contribution in [2.24, 2.45) is 4.99 Å². The summed E-state index contributed by atoms with van der Waals surface area (Å²) in [5, 5.41) is 2.22. The number of benzene rings is 9. The van der Waals surface area contributed by atoms with E-state index in [4.69, 9.17) is 15.0 Å². The predicted octanol–water partition coefficient (Wildman–Crippen LogP) is 16.8. The molecule has 1 aliphatic heterocycles. The Morgan fingerprint density at radius 3 is 1.94 bits per heavy atom. The van der Waals surface area contributed by atoms with Crippen LogP contribution in [0.2, 0.25) is 0 Å². The normalized spacial score (nSPS) is 16.1. The third-order valence-electron chi connectivity index (χ3n) is 15.8. The second kappa shape index (κ2) is 16.7. The Morgan fingerprint density at radius 2 is 1.14 bits per heavy atom. The molecule has 0 fully saturated rings. The highest BCUT2D eigenvalue weighted by Crippen LogP contribution is 2.53. The first kappa shape index (κ1) is 42.2. The van der Waals surface area contributed by atoms with Crippen LogP contribution in [0, 0.1) is 0 Å². The quantitative estimate of drug-likeness (QED) is 0.153.